The Morgan fingerprint density at radius 1 is 1.28 bits per heavy atom. The molecule has 1 amide bonds. The number of methoxy groups -OCH3 is 1. The predicted molar refractivity (Wildman–Crippen MR) is 110 cm³/mol. The highest BCUT2D eigenvalue weighted by molar-refractivity contribution is 6.00. The van der Waals surface area contributed by atoms with Crippen LogP contribution in [0, 0.1) is 13.8 Å². The number of ether oxygens (including phenoxy) is 2. The summed E-state index contributed by atoms with van der Waals surface area (Å²) >= 11 is 0. The number of nitrogens with zero attached hydrogens (tertiary/aromatic N) is 2. The van der Waals surface area contributed by atoms with Crippen LogP contribution in [0.3, 0.4) is 0 Å². The van der Waals surface area contributed by atoms with E-state index in [0.29, 0.717) is 17.0 Å². The van der Waals surface area contributed by atoms with Gasteiger partial charge < -0.3 is 19.2 Å². The monoisotopic (exact) mass is 389 g/mol. The number of nitrogens with one attached hydrogen (secondary N) is 1. The summed E-state index contributed by atoms with van der Waals surface area (Å²) in [7, 11) is 1.62. The van der Waals surface area contributed by atoms with Crippen LogP contribution in [-0.2, 0) is 10.5 Å². The van der Waals surface area contributed by atoms with Crippen molar-refractivity contribution < 1.29 is 14.3 Å². The van der Waals surface area contributed by atoms with Crippen molar-refractivity contribution in [2.24, 2.45) is 0 Å². The summed E-state index contributed by atoms with van der Waals surface area (Å²) in [6.45, 7) is 3.95. The Balaban J connectivity index is 1.71. The maximum atomic E-state index is 13.0. The third-order valence-corrected chi connectivity index (χ3v) is 5.74. The Bertz CT molecular complexity index is 1150. The topological polar surface area (TPSA) is 64.9 Å². The maximum absolute atomic E-state index is 13.0. The summed E-state index contributed by atoms with van der Waals surface area (Å²) in [5.74, 6) is -0.610. The van der Waals surface area contributed by atoms with Gasteiger partial charge in [-0.25, -0.2) is 4.98 Å². The van der Waals surface area contributed by atoms with Gasteiger partial charge in [0.2, 0.25) is 0 Å². The van der Waals surface area contributed by atoms with E-state index in [1.165, 1.54) is 0 Å². The molecule has 1 fully saturated rings. The molecule has 1 saturated carbocycles. The van der Waals surface area contributed by atoms with Crippen molar-refractivity contribution >= 4 is 17.6 Å². The van der Waals surface area contributed by atoms with Gasteiger partial charge in [0.15, 0.2) is 11.4 Å². The van der Waals surface area contributed by atoms with Gasteiger partial charge in [0.1, 0.15) is 0 Å². The van der Waals surface area contributed by atoms with E-state index in [1.807, 2.05) is 66.9 Å². The van der Waals surface area contributed by atoms with Gasteiger partial charge in [0.25, 0.3) is 11.7 Å². The minimum atomic E-state index is -1.08. The Morgan fingerprint density at radius 3 is 2.72 bits per heavy atom. The van der Waals surface area contributed by atoms with Crippen molar-refractivity contribution in [3.05, 3.63) is 70.7 Å². The van der Waals surface area contributed by atoms with Crippen LogP contribution in [0.25, 0.3) is 11.7 Å². The number of hydrogen-bond donors (Lipinski definition) is 1. The van der Waals surface area contributed by atoms with E-state index >= 15 is 0 Å². The normalized spacial score (nSPS) is 20.4. The molecule has 3 heterocycles. The van der Waals surface area contributed by atoms with Crippen LogP contribution >= 0.6 is 0 Å². The number of aromatic nitrogens is 2. The lowest BCUT2D eigenvalue weighted by Crippen LogP contribution is -2.36. The standard InChI is InChI=1S/C23H23N3O3/c1-14-15(2)26-13-19(22(27)25-17-9-10-17)18-11-12-23(28-3,16-7-5-4-6-8-16)29-20(18)21(26)24-14/h4-8,11-13,17H,9-10H2,1-3H3,(H,25,27). The van der Waals surface area contributed by atoms with Gasteiger partial charge in [0, 0.05) is 36.2 Å². The number of aryl methyl sites for hydroxylation is 2. The molecule has 3 aromatic rings. The molecule has 0 saturated heterocycles. The number of hydrogen-bond acceptors (Lipinski definition) is 4. The largest absolute Gasteiger partial charge is 0.450 e. The van der Waals surface area contributed by atoms with Crippen molar-refractivity contribution in [1.82, 2.24) is 14.7 Å². The molecule has 1 aromatic carbocycles. The van der Waals surface area contributed by atoms with Gasteiger partial charge in [0.05, 0.1) is 11.3 Å². The van der Waals surface area contributed by atoms with Crippen LogP contribution in [0.2, 0.25) is 0 Å². The van der Waals surface area contributed by atoms with E-state index in [0.717, 1.165) is 35.4 Å². The van der Waals surface area contributed by atoms with Crippen molar-refractivity contribution in [3.63, 3.8) is 0 Å². The average Bonchev–Trinajstić information content (AvgIpc) is 3.52. The van der Waals surface area contributed by atoms with Crippen molar-refractivity contribution in [1.29, 1.82) is 0 Å². The Kier molecular flexibility index (Phi) is 3.99. The average molecular weight is 389 g/mol. The number of pyridine rings is 1. The summed E-state index contributed by atoms with van der Waals surface area (Å²) in [5, 5.41) is 3.08. The highest BCUT2D eigenvalue weighted by Crippen LogP contribution is 2.42. The molecule has 1 N–H and O–H groups in total. The number of fused-ring (bicyclic) bond motifs is 3. The molecule has 2 aromatic heterocycles. The molecule has 0 bridgehead atoms. The quantitative estimate of drug-likeness (QED) is 0.738. The molecule has 1 unspecified atom stereocenters. The number of carbonyl (C=O) groups is 1. The first kappa shape index (κ1) is 17.9. The molecule has 1 aliphatic heterocycles. The summed E-state index contributed by atoms with van der Waals surface area (Å²) in [6.07, 6.45) is 7.70. The van der Waals surface area contributed by atoms with Crippen LogP contribution in [0.15, 0.2) is 42.6 Å². The van der Waals surface area contributed by atoms with E-state index in [9.17, 15) is 4.79 Å². The zero-order valence-electron chi connectivity index (χ0n) is 16.7. The van der Waals surface area contributed by atoms with Gasteiger partial charge in [-0.2, -0.15) is 0 Å². The molecular weight excluding hydrogens is 366 g/mol. The number of rotatable bonds is 4. The summed E-state index contributed by atoms with van der Waals surface area (Å²) in [5.41, 5.74) is 4.73. The van der Waals surface area contributed by atoms with E-state index in [2.05, 4.69) is 5.32 Å². The van der Waals surface area contributed by atoms with Crippen LogP contribution < -0.4 is 10.1 Å². The van der Waals surface area contributed by atoms with E-state index in [1.54, 1.807) is 7.11 Å². The first-order chi connectivity index (χ1) is 14.0. The molecule has 0 spiro atoms. The fourth-order valence-corrected chi connectivity index (χ4v) is 3.76. The SMILES string of the molecule is COC1(c2ccccc2)C=Cc2c(C(=O)NC3CC3)cn3c(C)c(C)nc3c2O1. The third kappa shape index (κ3) is 2.83. The second-order valence-electron chi connectivity index (χ2n) is 7.68. The first-order valence-electron chi connectivity index (χ1n) is 9.84. The molecule has 6 heteroatoms. The van der Waals surface area contributed by atoms with Crippen LogP contribution in [0.5, 0.6) is 5.75 Å². The lowest BCUT2D eigenvalue weighted by atomic mass is 9.98. The molecule has 1 atom stereocenters. The number of carbonyl (C=O) groups excluding carboxylic acids is 1. The molecule has 6 nitrogen and oxygen atoms in total. The highest BCUT2D eigenvalue weighted by atomic mass is 16.7. The predicted octanol–water partition coefficient (Wildman–Crippen LogP) is 3.75. The molecule has 148 valence electrons. The summed E-state index contributed by atoms with van der Waals surface area (Å²) in [6, 6.07) is 10.0. The second-order valence-corrected chi connectivity index (χ2v) is 7.68. The minimum absolute atomic E-state index is 0.0886. The number of imidazole rings is 1. The molecule has 0 radical (unpaired) electrons. The summed E-state index contributed by atoms with van der Waals surface area (Å²) in [4.78, 5) is 17.7. The molecule has 1 aliphatic carbocycles. The molecule has 29 heavy (non-hydrogen) atoms. The van der Waals surface area contributed by atoms with Gasteiger partial charge in [-0.1, -0.05) is 30.3 Å². The molecule has 2 aliphatic rings. The maximum Gasteiger partial charge on any atom is 0.257 e. The Morgan fingerprint density at radius 2 is 2.03 bits per heavy atom. The van der Waals surface area contributed by atoms with Gasteiger partial charge in [-0.05, 0) is 38.8 Å². The first-order valence-corrected chi connectivity index (χ1v) is 9.84. The van der Waals surface area contributed by atoms with Crippen molar-refractivity contribution in [2.45, 2.75) is 38.5 Å². The highest BCUT2D eigenvalue weighted by Gasteiger charge is 2.38. The van der Waals surface area contributed by atoms with Crippen molar-refractivity contribution in [3.8, 4) is 5.75 Å². The fraction of sp³-hybridized carbons (Fsp3) is 0.304. The van der Waals surface area contributed by atoms with E-state index in [-0.39, 0.29) is 11.9 Å². The summed E-state index contributed by atoms with van der Waals surface area (Å²) < 4.78 is 14.2. The van der Waals surface area contributed by atoms with E-state index < -0.39 is 5.79 Å². The van der Waals surface area contributed by atoms with Crippen LogP contribution in [-0.4, -0.2) is 28.4 Å². The second kappa shape index (κ2) is 6.46. The van der Waals surface area contributed by atoms with Crippen LogP contribution in [0.4, 0.5) is 0 Å². The van der Waals surface area contributed by atoms with Gasteiger partial charge >= 0.3 is 0 Å². The Hall–Kier alpha value is -3.12. The van der Waals surface area contributed by atoms with Gasteiger partial charge in [-0.15, -0.1) is 0 Å². The fourth-order valence-electron chi connectivity index (χ4n) is 3.76. The Labute approximate surface area is 169 Å². The zero-order chi connectivity index (χ0) is 20.2. The van der Waals surface area contributed by atoms with Crippen LogP contribution in [0.1, 0.15) is 45.7 Å². The molecule has 5 rings (SSSR count). The third-order valence-electron chi connectivity index (χ3n) is 5.74. The lowest BCUT2D eigenvalue weighted by molar-refractivity contribution is -0.132. The van der Waals surface area contributed by atoms with Gasteiger partial charge in [-0.3, -0.25) is 4.79 Å². The lowest BCUT2D eigenvalue weighted by Gasteiger charge is -2.34. The minimum Gasteiger partial charge on any atom is -0.450 e. The molecular formula is C23H23N3O3. The number of benzene rings is 1. The van der Waals surface area contributed by atoms with E-state index in [4.69, 9.17) is 14.5 Å². The smallest absolute Gasteiger partial charge is 0.257 e. The zero-order valence-corrected chi connectivity index (χ0v) is 16.7. The number of amides is 1. The van der Waals surface area contributed by atoms with Crippen molar-refractivity contribution in [2.75, 3.05) is 7.11 Å².